The van der Waals surface area contributed by atoms with Crippen molar-refractivity contribution >= 4 is 46.3 Å². The van der Waals surface area contributed by atoms with Gasteiger partial charge in [-0.05, 0) is 50.1 Å². The summed E-state index contributed by atoms with van der Waals surface area (Å²) >= 11 is 2.53. The molecule has 33 heavy (non-hydrogen) atoms. The largest absolute Gasteiger partial charge is 0.368 e. The van der Waals surface area contributed by atoms with Crippen LogP contribution in [-0.2, 0) is 4.79 Å². The van der Waals surface area contributed by atoms with Gasteiger partial charge in [0.25, 0.3) is 5.91 Å². The van der Waals surface area contributed by atoms with E-state index in [1.807, 2.05) is 36.1 Å². The van der Waals surface area contributed by atoms with E-state index in [1.54, 1.807) is 0 Å². The summed E-state index contributed by atoms with van der Waals surface area (Å²) in [5.41, 5.74) is 5.67. The fourth-order valence-electron chi connectivity index (χ4n) is 3.67. The van der Waals surface area contributed by atoms with Gasteiger partial charge in [-0.1, -0.05) is 52.9 Å². The first kappa shape index (κ1) is 23.3. The van der Waals surface area contributed by atoms with Crippen molar-refractivity contribution in [2.75, 3.05) is 42.1 Å². The topological polar surface area (TPSA) is 78.4 Å². The molecule has 0 aliphatic carbocycles. The molecule has 1 aliphatic rings. The number of thioether (sulfide) groups is 1. The SMILES string of the molecule is Cc1ccc(NC(=O)c2nnc(SCC(=O)N3CCN(c4cccc(C)c4C)CC3)s2)cc1. The van der Waals surface area contributed by atoms with Crippen molar-refractivity contribution in [1.29, 1.82) is 0 Å². The lowest BCUT2D eigenvalue weighted by Gasteiger charge is -2.37. The summed E-state index contributed by atoms with van der Waals surface area (Å²) in [5.74, 6) is 0.0797. The highest BCUT2D eigenvalue weighted by molar-refractivity contribution is 8.01. The zero-order valence-corrected chi connectivity index (χ0v) is 20.6. The fraction of sp³-hybridized carbons (Fsp3) is 0.333. The van der Waals surface area contributed by atoms with Gasteiger partial charge in [0.2, 0.25) is 10.9 Å². The number of nitrogens with one attached hydrogen (secondary N) is 1. The summed E-state index contributed by atoms with van der Waals surface area (Å²) in [6, 6.07) is 13.9. The zero-order valence-electron chi connectivity index (χ0n) is 19.0. The number of hydrogen-bond acceptors (Lipinski definition) is 7. The lowest BCUT2D eigenvalue weighted by molar-refractivity contribution is -0.128. The number of benzene rings is 2. The third-order valence-electron chi connectivity index (χ3n) is 5.78. The second-order valence-corrected chi connectivity index (χ2v) is 10.3. The summed E-state index contributed by atoms with van der Waals surface area (Å²) in [6.07, 6.45) is 0. The number of carbonyl (C=O) groups is 2. The molecule has 1 saturated heterocycles. The van der Waals surface area contributed by atoms with E-state index in [9.17, 15) is 9.59 Å². The first-order valence-electron chi connectivity index (χ1n) is 10.8. The van der Waals surface area contributed by atoms with Crippen LogP contribution in [-0.4, -0.2) is 58.8 Å². The van der Waals surface area contributed by atoms with E-state index in [0.717, 1.165) is 18.7 Å². The van der Waals surface area contributed by atoms with Gasteiger partial charge >= 0.3 is 0 Å². The number of aryl methyl sites for hydroxylation is 2. The predicted molar refractivity (Wildman–Crippen MR) is 134 cm³/mol. The van der Waals surface area contributed by atoms with E-state index in [-0.39, 0.29) is 22.6 Å². The van der Waals surface area contributed by atoms with Crippen LogP contribution in [0, 0.1) is 20.8 Å². The molecule has 172 valence electrons. The molecule has 1 aromatic heterocycles. The molecule has 0 radical (unpaired) electrons. The Labute approximate surface area is 202 Å². The number of aromatic nitrogens is 2. The summed E-state index contributed by atoms with van der Waals surface area (Å²) in [5, 5.41) is 11.2. The number of anilines is 2. The maximum absolute atomic E-state index is 12.7. The molecule has 1 fully saturated rings. The number of nitrogens with zero attached hydrogens (tertiary/aromatic N) is 4. The molecule has 2 amide bonds. The van der Waals surface area contributed by atoms with Crippen LogP contribution in [0.5, 0.6) is 0 Å². The summed E-state index contributed by atoms with van der Waals surface area (Å²) in [7, 11) is 0. The van der Waals surface area contributed by atoms with Crippen LogP contribution in [0.2, 0.25) is 0 Å². The lowest BCUT2D eigenvalue weighted by Crippen LogP contribution is -2.49. The monoisotopic (exact) mass is 481 g/mol. The molecule has 0 unspecified atom stereocenters. The first-order chi connectivity index (χ1) is 15.9. The molecule has 4 rings (SSSR count). The molecule has 1 N–H and O–H groups in total. The number of hydrogen-bond donors (Lipinski definition) is 1. The molecule has 0 saturated carbocycles. The van der Waals surface area contributed by atoms with Gasteiger partial charge < -0.3 is 15.1 Å². The minimum absolute atomic E-state index is 0.0847. The molecule has 2 heterocycles. The van der Waals surface area contributed by atoms with E-state index < -0.39 is 0 Å². The van der Waals surface area contributed by atoms with Crippen LogP contribution in [0.25, 0.3) is 0 Å². The highest BCUT2D eigenvalue weighted by Crippen LogP contribution is 2.26. The van der Waals surface area contributed by atoms with Gasteiger partial charge in [0.1, 0.15) is 0 Å². The number of carbonyl (C=O) groups excluding carboxylic acids is 2. The Morgan fingerprint density at radius 2 is 1.73 bits per heavy atom. The van der Waals surface area contributed by atoms with Gasteiger partial charge in [0, 0.05) is 37.6 Å². The van der Waals surface area contributed by atoms with Gasteiger partial charge in [-0.25, -0.2) is 0 Å². The highest BCUT2D eigenvalue weighted by atomic mass is 32.2. The standard InChI is InChI=1S/C24H27N5O2S2/c1-16-7-9-19(10-8-16)25-22(31)23-26-27-24(33-23)32-15-21(30)29-13-11-28(12-14-29)20-6-4-5-17(2)18(20)3/h4-10H,11-15H2,1-3H3,(H,25,31). The van der Waals surface area contributed by atoms with Gasteiger partial charge in [0.15, 0.2) is 4.34 Å². The molecule has 7 nitrogen and oxygen atoms in total. The second-order valence-electron chi connectivity index (χ2n) is 8.07. The minimum Gasteiger partial charge on any atom is -0.368 e. The van der Waals surface area contributed by atoms with Crippen molar-refractivity contribution in [2.45, 2.75) is 25.1 Å². The molecule has 2 aromatic carbocycles. The normalized spacial score (nSPS) is 13.8. The molecule has 0 spiro atoms. The van der Waals surface area contributed by atoms with Crippen LogP contribution in [0.1, 0.15) is 26.5 Å². The molecule has 9 heteroatoms. The Kier molecular flexibility index (Phi) is 7.29. The van der Waals surface area contributed by atoms with Crippen LogP contribution < -0.4 is 10.2 Å². The summed E-state index contributed by atoms with van der Waals surface area (Å²) < 4.78 is 0.617. The Hall–Kier alpha value is -2.91. The van der Waals surface area contributed by atoms with E-state index in [4.69, 9.17) is 0 Å². The average Bonchev–Trinajstić information content (AvgIpc) is 3.30. The molecular weight excluding hydrogens is 454 g/mol. The summed E-state index contributed by atoms with van der Waals surface area (Å²) in [4.78, 5) is 29.4. The Morgan fingerprint density at radius 3 is 2.45 bits per heavy atom. The van der Waals surface area contributed by atoms with E-state index in [0.29, 0.717) is 23.1 Å². The predicted octanol–water partition coefficient (Wildman–Crippen LogP) is 4.16. The van der Waals surface area contributed by atoms with Crippen molar-refractivity contribution in [3.63, 3.8) is 0 Å². The van der Waals surface area contributed by atoms with E-state index >= 15 is 0 Å². The van der Waals surface area contributed by atoms with Gasteiger partial charge in [-0.2, -0.15) is 0 Å². The number of piperazine rings is 1. The summed E-state index contributed by atoms with van der Waals surface area (Å²) in [6.45, 7) is 9.31. The van der Waals surface area contributed by atoms with Crippen molar-refractivity contribution < 1.29 is 9.59 Å². The fourth-order valence-corrected chi connectivity index (χ4v) is 5.32. The van der Waals surface area contributed by atoms with Crippen LogP contribution >= 0.6 is 23.1 Å². The minimum atomic E-state index is -0.294. The maximum Gasteiger partial charge on any atom is 0.286 e. The highest BCUT2D eigenvalue weighted by Gasteiger charge is 2.23. The van der Waals surface area contributed by atoms with E-state index in [1.165, 1.54) is 39.9 Å². The number of rotatable bonds is 6. The molecule has 1 aliphatic heterocycles. The van der Waals surface area contributed by atoms with E-state index in [2.05, 4.69) is 52.5 Å². The van der Waals surface area contributed by atoms with Crippen LogP contribution in [0.4, 0.5) is 11.4 Å². The van der Waals surface area contributed by atoms with Gasteiger partial charge in [0.05, 0.1) is 5.75 Å². The molecular formula is C24H27N5O2S2. The third-order valence-corrected chi connectivity index (χ3v) is 7.82. The smallest absolute Gasteiger partial charge is 0.286 e. The quantitative estimate of drug-likeness (QED) is 0.533. The lowest BCUT2D eigenvalue weighted by atomic mass is 10.1. The van der Waals surface area contributed by atoms with Gasteiger partial charge in [-0.3, -0.25) is 9.59 Å². The van der Waals surface area contributed by atoms with Crippen molar-refractivity contribution in [3.8, 4) is 0 Å². The average molecular weight is 482 g/mol. The Morgan fingerprint density at radius 1 is 1.00 bits per heavy atom. The van der Waals surface area contributed by atoms with Crippen molar-refractivity contribution in [2.24, 2.45) is 0 Å². The third kappa shape index (κ3) is 5.72. The molecule has 0 bridgehead atoms. The van der Waals surface area contributed by atoms with Crippen molar-refractivity contribution in [1.82, 2.24) is 15.1 Å². The molecule has 0 atom stereocenters. The second kappa shape index (κ2) is 10.4. The first-order valence-corrected chi connectivity index (χ1v) is 12.6. The van der Waals surface area contributed by atoms with Gasteiger partial charge in [-0.15, -0.1) is 10.2 Å². The Balaban J connectivity index is 1.26. The molecule has 3 aromatic rings. The number of amides is 2. The van der Waals surface area contributed by atoms with Crippen LogP contribution in [0.15, 0.2) is 46.8 Å². The Bertz CT molecular complexity index is 1140. The van der Waals surface area contributed by atoms with Crippen LogP contribution in [0.3, 0.4) is 0 Å². The zero-order chi connectivity index (χ0) is 23.4. The maximum atomic E-state index is 12.7. The van der Waals surface area contributed by atoms with Crippen molar-refractivity contribution in [3.05, 3.63) is 64.2 Å².